The van der Waals surface area contributed by atoms with Crippen LogP contribution in [-0.4, -0.2) is 0 Å². The van der Waals surface area contributed by atoms with Gasteiger partial charge in [-0.25, -0.2) is 4.57 Å². The van der Waals surface area contributed by atoms with Crippen molar-refractivity contribution in [2.45, 2.75) is 39.2 Å². The number of hydrogen-bond donors (Lipinski definition) is 0. The molecule has 0 bridgehead atoms. The van der Waals surface area contributed by atoms with Crippen molar-refractivity contribution in [1.29, 1.82) is 0 Å². The van der Waals surface area contributed by atoms with E-state index in [9.17, 15) is 0 Å². The Balaban J connectivity index is 2.48. The zero-order valence-corrected chi connectivity index (χ0v) is 8.03. The molecule has 0 aliphatic heterocycles. The van der Waals surface area contributed by atoms with E-state index in [0.29, 0.717) is 6.04 Å². The van der Waals surface area contributed by atoms with Crippen LogP contribution in [0.3, 0.4) is 0 Å². The van der Waals surface area contributed by atoms with E-state index >= 15 is 0 Å². The monoisotopic (exact) mass is 164 g/mol. The number of nitrogens with zero attached hydrogens (tertiary/aromatic N) is 1. The van der Waals surface area contributed by atoms with Gasteiger partial charge in [-0.1, -0.05) is 19.4 Å². The minimum absolute atomic E-state index is 0.645. The van der Waals surface area contributed by atoms with E-state index in [1.165, 1.54) is 19.3 Å². The molecule has 1 aromatic rings. The highest BCUT2D eigenvalue weighted by Crippen LogP contribution is 2.06. The first-order chi connectivity index (χ1) is 5.84. The molecule has 0 saturated carbocycles. The average molecular weight is 164 g/mol. The maximum Gasteiger partial charge on any atom is 0.169 e. The zero-order valence-electron chi connectivity index (χ0n) is 8.03. The normalized spacial score (nSPS) is 12.8. The summed E-state index contributed by atoms with van der Waals surface area (Å²) in [6.07, 6.45) is 8.17. The first-order valence-corrected chi connectivity index (χ1v) is 4.80. The quantitative estimate of drug-likeness (QED) is 0.602. The van der Waals surface area contributed by atoms with Crippen molar-refractivity contribution in [3.8, 4) is 0 Å². The molecule has 0 fully saturated rings. The molecule has 1 rings (SSSR count). The Labute approximate surface area is 75.1 Å². The molecule has 0 amide bonds. The average Bonchev–Trinajstić information content (AvgIpc) is 2.15. The SMILES string of the molecule is CCCCC(C)[n+]1ccccc1. The highest BCUT2D eigenvalue weighted by Gasteiger charge is 2.08. The Bertz CT molecular complexity index is 206. The van der Waals surface area contributed by atoms with E-state index in [0.717, 1.165) is 0 Å². The van der Waals surface area contributed by atoms with Crippen LogP contribution >= 0.6 is 0 Å². The first kappa shape index (κ1) is 9.24. The van der Waals surface area contributed by atoms with Crippen LogP contribution in [0.2, 0.25) is 0 Å². The van der Waals surface area contributed by atoms with Crippen LogP contribution in [0, 0.1) is 0 Å². The van der Waals surface area contributed by atoms with Gasteiger partial charge >= 0.3 is 0 Å². The topological polar surface area (TPSA) is 3.88 Å². The molecule has 1 heterocycles. The molecular formula is C11H18N+. The fourth-order valence-electron chi connectivity index (χ4n) is 1.35. The minimum atomic E-state index is 0.645. The molecule has 1 atom stereocenters. The van der Waals surface area contributed by atoms with E-state index in [2.05, 4.69) is 49.0 Å². The highest BCUT2D eigenvalue weighted by molar-refractivity contribution is 4.83. The molecule has 66 valence electrons. The summed E-state index contributed by atoms with van der Waals surface area (Å²) in [5, 5.41) is 0. The number of unbranched alkanes of at least 4 members (excludes halogenated alkanes) is 1. The van der Waals surface area contributed by atoms with Gasteiger partial charge in [0.05, 0.1) is 0 Å². The third-order valence-electron chi connectivity index (χ3n) is 2.22. The van der Waals surface area contributed by atoms with Gasteiger partial charge in [0.1, 0.15) is 0 Å². The van der Waals surface area contributed by atoms with E-state index in [4.69, 9.17) is 0 Å². The van der Waals surface area contributed by atoms with Gasteiger partial charge in [-0.2, -0.15) is 0 Å². The largest absolute Gasteiger partial charge is 0.203 e. The van der Waals surface area contributed by atoms with Crippen LogP contribution in [0.4, 0.5) is 0 Å². The lowest BCUT2D eigenvalue weighted by Crippen LogP contribution is -2.36. The first-order valence-electron chi connectivity index (χ1n) is 4.80. The molecule has 0 spiro atoms. The fourth-order valence-corrected chi connectivity index (χ4v) is 1.35. The Morgan fingerprint density at radius 2 is 1.83 bits per heavy atom. The lowest BCUT2D eigenvalue weighted by Gasteiger charge is -2.04. The van der Waals surface area contributed by atoms with Gasteiger partial charge < -0.3 is 0 Å². The van der Waals surface area contributed by atoms with Gasteiger partial charge in [0.2, 0.25) is 0 Å². The summed E-state index contributed by atoms with van der Waals surface area (Å²) >= 11 is 0. The molecule has 0 saturated heterocycles. The molecule has 0 aromatic carbocycles. The second kappa shape index (κ2) is 4.91. The van der Waals surface area contributed by atoms with Crippen molar-refractivity contribution in [2.75, 3.05) is 0 Å². The Morgan fingerprint density at radius 1 is 1.17 bits per heavy atom. The lowest BCUT2D eigenvalue weighted by atomic mass is 10.1. The van der Waals surface area contributed by atoms with Gasteiger partial charge in [0, 0.05) is 18.6 Å². The Morgan fingerprint density at radius 3 is 2.42 bits per heavy atom. The summed E-state index contributed by atoms with van der Waals surface area (Å²) in [7, 11) is 0. The van der Waals surface area contributed by atoms with Gasteiger partial charge in [-0.3, -0.25) is 0 Å². The van der Waals surface area contributed by atoms with Crippen LogP contribution in [0.1, 0.15) is 39.2 Å². The van der Waals surface area contributed by atoms with Gasteiger partial charge in [-0.05, 0) is 13.3 Å². The fraction of sp³-hybridized carbons (Fsp3) is 0.545. The van der Waals surface area contributed by atoms with Crippen molar-refractivity contribution in [1.82, 2.24) is 0 Å². The van der Waals surface area contributed by atoms with Crippen molar-refractivity contribution in [3.05, 3.63) is 30.6 Å². The third kappa shape index (κ3) is 2.65. The molecule has 0 radical (unpaired) electrons. The maximum atomic E-state index is 2.27. The van der Waals surface area contributed by atoms with Gasteiger partial charge in [-0.15, -0.1) is 0 Å². The van der Waals surface area contributed by atoms with Crippen LogP contribution in [0.15, 0.2) is 30.6 Å². The van der Waals surface area contributed by atoms with Crippen LogP contribution in [0.5, 0.6) is 0 Å². The Hall–Kier alpha value is -0.850. The second-order valence-electron chi connectivity index (χ2n) is 3.31. The van der Waals surface area contributed by atoms with Crippen LogP contribution < -0.4 is 4.57 Å². The highest BCUT2D eigenvalue weighted by atomic mass is 15.0. The lowest BCUT2D eigenvalue weighted by molar-refractivity contribution is -0.720. The number of pyridine rings is 1. The molecule has 0 N–H and O–H groups in total. The molecule has 1 unspecified atom stereocenters. The minimum Gasteiger partial charge on any atom is -0.203 e. The van der Waals surface area contributed by atoms with Crippen molar-refractivity contribution < 1.29 is 4.57 Å². The summed E-state index contributed by atoms with van der Waals surface area (Å²) < 4.78 is 2.27. The van der Waals surface area contributed by atoms with E-state index < -0.39 is 0 Å². The molecule has 1 aromatic heterocycles. The van der Waals surface area contributed by atoms with E-state index in [-0.39, 0.29) is 0 Å². The summed E-state index contributed by atoms with van der Waals surface area (Å²) in [5.41, 5.74) is 0. The summed E-state index contributed by atoms with van der Waals surface area (Å²) in [6.45, 7) is 4.51. The predicted octanol–water partition coefficient (Wildman–Crippen LogP) is 2.73. The number of hydrogen-bond acceptors (Lipinski definition) is 0. The summed E-state index contributed by atoms with van der Waals surface area (Å²) in [6, 6.07) is 6.87. The molecule has 1 nitrogen and oxygen atoms in total. The third-order valence-corrected chi connectivity index (χ3v) is 2.22. The van der Waals surface area contributed by atoms with E-state index in [1.54, 1.807) is 0 Å². The molecule has 0 aliphatic rings. The predicted molar refractivity (Wildman–Crippen MR) is 50.9 cm³/mol. The van der Waals surface area contributed by atoms with Crippen molar-refractivity contribution in [2.24, 2.45) is 0 Å². The van der Waals surface area contributed by atoms with Gasteiger partial charge in [0.25, 0.3) is 0 Å². The summed E-state index contributed by atoms with van der Waals surface area (Å²) in [4.78, 5) is 0. The van der Waals surface area contributed by atoms with E-state index in [1.807, 2.05) is 0 Å². The Kier molecular flexibility index (Phi) is 3.78. The molecule has 12 heavy (non-hydrogen) atoms. The second-order valence-corrected chi connectivity index (χ2v) is 3.31. The molecular weight excluding hydrogens is 146 g/mol. The molecule has 1 heteroatoms. The number of rotatable bonds is 4. The zero-order chi connectivity index (χ0) is 8.81. The number of aromatic nitrogens is 1. The standard InChI is InChI=1S/C11H18N/c1-3-4-8-11(2)12-9-6-5-7-10-12/h5-7,9-11H,3-4,8H2,1-2H3/q+1. The maximum absolute atomic E-state index is 2.27. The van der Waals surface area contributed by atoms with Crippen molar-refractivity contribution >= 4 is 0 Å². The van der Waals surface area contributed by atoms with Gasteiger partial charge in [0.15, 0.2) is 18.4 Å². The van der Waals surface area contributed by atoms with Crippen molar-refractivity contribution in [3.63, 3.8) is 0 Å². The summed E-state index contributed by atoms with van der Waals surface area (Å²) in [5.74, 6) is 0. The van der Waals surface area contributed by atoms with Crippen LogP contribution in [0.25, 0.3) is 0 Å². The van der Waals surface area contributed by atoms with Crippen LogP contribution in [-0.2, 0) is 0 Å². The molecule has 0 aliphatic carbocycles. The smallest absolute Gasteiger partial charge is 0.169 e.